The fourth-order valence-corrected chi connectivity index (χ4v) is 3.89. The molecule has 1 fully saturated rings. The lowest BCUT2D eigenvalue weighted by atomic mass is 10.1. The van der Waals surface area contributed by atoms with Gasteiger partial charge < -0.3 is 5.32 Å². The first-order chi connectivity index (χ1) is 14.1. The number of halogens is 1. The second-order valence-electron chi connectivity index (χ2n) is 7.25. The third-order valence-corrected chi connectivity index (χ3v) is 5.52. The molecule has 6 nitrogen and oxygen atoms in total. The lowest BCUT2D eigenvalue weighted by molar-refractivity contribution is 0.0927. The molecule has 1 saturated heterocycles. The normalized spacial score (nSPS) is 15.4. The van der Waals surface area contributed by atoms with Crippen molar-refractivity contribution in [2.75, 3.05) is 19.6 Å². The number of rotatable bonds is 6. The number of likely N-dealkylation sites (tertiary alicyclic amines) is 1. The molecule has 1 aliphatic rings. The number of aryl methyl sites for hydroxylation is 1. The van der Waals surface area contributed by atoms with Crippen LogP contribution in [0.25, 0.3) is 5.69 Å². The van der Waals surface area contributed by atoms with Crippen LogP contribution < -0.4 is 5.32 Å². The number of aromatic nitrogens is 3. The zero-order valence-corrected chi connectivity index (χ0v) is 17.1. The Hall–Kier alpha value is -2.70. The highest BCUT2D eigenvalue weighted by Gasteiger charge is 2.25. The summed E-state index contributed by atoms with van der Waals surface area (Å²) in [5, 5.41) is 8.08. The summed E-state index contributed by atoms with van der Waals surface area (Å²) in [5.74, 6) is 0.559. The second kappa shape index (κ2) is 8.76. The number of nitrogens with one attached hydrogen (secondary N) is 1. The molecule has 29 heavy (non-hydrogen) atoms. The number of hydrogen-bond acceptors (Lipinski definition) is 4. The zero-order valence-electron chi connectivity index (χ0n) is 16.4. The van der Waals surface area contributed by atoms with Crippen LogP contribution in [0.5, 0.6) is 0 Å². The van der Waals surface area contributed by atoms with Crippen LogP contribution in [0.1, 0.15) is 40.9 Å². The first-order valence-electron chi connectivity index (χ1n) is 9.88. The minimum atomic E-state index is -0.263. The van der Waals surface area contributed by atoms with Crippen molar-refractivity contribution in [3.8, 4) is 5.69 Å². The Balaban J connectivity index is 1.48. The van der Waals surface area contributed by atoms with Gasteiger partial charge in [0, 0.05) is 11.6 Å². The Kier molecular flexibility index (Phi) is 5.92. The predicted molar refractivity (Wildman–Crippen MR) is 113 cm³/mol. The van der Waals surface area contributed by atoms with Gasteiger partial charge in [0.15, 0.2) is 0 Å². The number of benzene rings is 2. The highest BCUT2D eigenvalue weighted by atomic mass is 35.5. The monoisotopic (exact) mass is 409 g/mol. The van der Waals surface area contributed by atoms with Gasteiger partial charge in [-0.3, -0.25) is 9.69 Å². The van der Waals surface area contributed by atoms with Crippen molar-refractivity contribution < 1.29 is 4.79 Å². The summed E-state index contributed by atoms with van der Waals surface area (Å²) < 4.78 is 1.65. The molecular formula is C22H24ClN5O. The average molecular weight is 410 g/mol. The van der Waals surface area contributed by atoms with Gasteiger partial charge in [-0.05, 0) is 62.7 Å². The van der Waals surface area contributed by atoms with Gasteiger partial charge >= 0.3 is 0 Å². The number of nitrogens with zero attached hydrogens (tertiary/aromatic N) is 4. The molecule has 0 unspecified atom stereocenters. The summed E-state index contributed by atoms with van der Waals surface area (Å²) in [6, 6.07) is 17.8. The van der Waals surface area contributed by atoms with E-state index in [9.17, 15) is 4.79 Å². The third-order valence-electron chi connectivity index (χ3n) is 5.26. The molecule has 3 aromatic rings. The Bertz CT molecular complexity index is 965. The van der Waals surface area contributed by atoms with E-state index in [-0.39, 0.29) is 17.8 Å². The van der Waals surface area contributed by atoms with Gasteiger partial charge in [0.25, 0.3) is 5.91 Å². The Morgan fingerprint density at radius 1 is 1.10 bits per heavy atom. The molecule has 1 atom stereocenters. The van der Waals surface area contributed by atoms with E-state index >= 15 is 0 Å². The SMILES string of the molecule is Cc1nc(C(=O)NC[C@H](c2ccccc2)N2CCCC2)nn1-c1ccc(Cl)cc1. The Morgan fingerprint density at radius 2 is 1.79 bits per heavy atom. The van der Waals surface area contributed by atoms with E-state index < -0.39 is 0 Å². The van der Waals surface area contributed by atoms with Gasteiger partial charge in [-0.25, -0.2) is 9.67 Å². The number of hydrogen-bond donors (Lipinski definition) is 1. The maximum atomic E-state index is 12.8. The van der Waals surface area contributed by atoms with Crippen LogP contribution in [-0.2, 0) is 0 Å². The summed E-state index contributed by atoms with van der Waals surface area (Å²) in [7, 11) is 0. The van der Waals surface area contributed by atoms with Crippen LogP contribution in [0.3, 0.4) is 0 Å². The number of amides is 1. The molecule has 0 spiro atoms. The minimum Gasteiger partial charge on any atom is -0.347 e. The van der Waals surface area contributed by atoms with Crippen molar-refractivity contribution in [3.63, 3.8) is 0 Å². The van der Waals surface area contributed by atoms with E-state index in [1.165, 1.54) is 18.4 Å². The van der Waals surface area contributed by atoms with Gasteiger partial charge in [-0.2, -0.15) is 0 Å². The summed E-state index contributed by atoms with van der Waals surface area (Å²) >= 11 is 5.96. The van der Waals surface area contributed by atoms with Crippen molar-refractivity contribution in [1.29, 1.82) is 0 Å². The lowest BCUT2D eigenvalue weighted by Crippen LogP contribution is -2.37. The fourth-order valence-electron chi connectivity index (χ4n) is 3.77. The molecule has 0 aliphatic carbocycles. The first-order valence-corrected chi connectivity index (χ1v) is 10.3. The van der Waals surface area contributed by atoms with Crippen LogP contribution in [0, 0.1) is 6.92 Å². The van der Waals surface area contributed by atoms with Gasteiger partial charge in [0.2, 0.25) is 5.82 Å². The molecule has 7 heteroatoms. The van der Waals surface area contributed by atoms with Gasteiger partial charge in [-0.15, -0.1) is 5.10 Å². The third kappa shape index (κ3) is 4.49. The average Bonchev–Trinajstić information content (AvgIpc) is 3.40. The smallest absolute Gasteiger partial charge is 0.291 e. The molecule has 150 valence electrons. The van der Waals surface area contributed by atoms with Crippen molar-refractivity contribution in [2.24, 2.45) is 0 Å². The van der Waals surface area contributed by atoms with E-state index in [0.29, 0.717) is 17.4 Å². The topological polar surface area (TPSA) is 63.1 Å². The van der Waals surface area contributed by atoms with Gasteiger partial charge in [0.1, 0.15) is 5.82 Å². The van der Waals surface area contributed by atoms with Crippen molar-refractivity contribution in [1.82, 2.24) is 25.0 Å². The van der Waals surface area contributed by atoms with Crippen molar-refractivity contribution in [2.45, 2.75) is 25.8 Å². The largest absolute Gasteiger partial charge is 0.347 e. The maximum Gasteiger partial charge on any atom is 0.291 e. The fraction of sp³-hybridized carbons (Fsp3) is 0.318. The number of carbonyl (C=O) groups is 1. The molecule has 1 aliphatic heterocycles. The summed E-state index contributed by atoms with van der Waals surface area (Å²) in [5.41, 5.74) is 2.03. The predicted octanol–water partition coefficient (Wildman–Crippen LogP) is 3.80. The quantitative estimate of drug-likeness (QED) is 0.672. The molecule has 4 rings (SSSR count). The van der Waals surface area contributed by atoms with Crippen LogP contribution in [-0.4, -0.2) is 45.2 Å². The molecule has 1 N–H and O–H groups in total. The molecule has 1 aromatic heterocycles. The summed E-state index contributed by atoms with van der Waals surface area (Å²) in [4.78, 5) is 19.5. The van der Waals surface area contributed by atoms with Crippen molar-refractivity contribution in [3.05, 3.63) is 76.8 Å². The maximum absolute atomic E-state index is 12.8. The zero-order chi connectivity index (χ0) is 20.2. The number of carbonyl (C=O) groups excluding carboxylic acids is 1. The van der Waals surface area contributed by atoms with Crippen LogP contribution in [0.2, 0.25) is 5.02 Å². The van der Waals surface area contributed by atoms with E-state index in [2.05, 4.69) is 32.4 Å². The molecule has 2 heterocycles. The second-order valence-corrected chi connectivity index (χ2v) is 7.69. The Labute approximate surface area is 175 Å². The van der Waals surface area contributed by atoms with Crippen LogP contribution >= 0.6 is 11.6 Å². The van der Waals surface area contributed by atoms with E-state index in [4.69, 9.17) is 11.6 Å². The molecule has 0 bridgehead atoms. The van der Waals surface area contributed by atoms with E-state index in [1.807, 2.05) is 37.3 Å². The minimum absolute atomic E-state index is 0.155. The summed E-state index contributed by atoms with van der Waals surface area (Å²) in [6.45, 7) is 4.46. The van der Waals surface area contributed by atoms with Crippen LogP contribution in [0.4, 0.5) is 0 Å². The van der Waals surface area contributed by atoms with E-state index in [1.54, 1.807) is 16.8 Å². The van der Waals surface area contributed by atoms with Crippen molar-refractivity contribution >= 4 is 17.5 Å². The highest BCUT2D eigenvalue weighted by Crippen LogP contribution is 2.24. The molecule has 1 amide bonds. The molecule has 0 radical (unpaired) electrons. The molecule has 2 aromatic carbocycles. The lowest BCUT2D eigenvalue weighted by Gasteiger charge is -2.28. The Morgan fingerprint density at radius 3 is 2.48 bits per heavy atom. The first kappa shape index (κ1) is 19.6. The van der Waals surface area contributed by atoms with Crippen LogP contribution in [0.15, 0.2) is 54.6 Å². The molecule has 0 saturated carbocycles. The molecular weight excluding hydrogens is 386 g/mol. The standard InChI is InChI=1S/C22H24ClN5O/c1-16-25-21(26-28(16)19-11-9-18(23)10-12-19)22(29)24-15-20(27-13-5-6-14-27)17-7-3-2-4-8-17/h2-4,7-12,20H,5-6,13-15H2,1H3,(H,24,29)/t20-/m1/s1. The van der Waals surface area contributed by atoms with E-state index in [0.717, 1.165) is 18.8 Å². The van der Waals surface area contributed by atoms with Gasteiger partial charge in [-0.1, -0.05) is 41.9 Å². The highest BCUT2D eigenvalue weighted by molar-refractivity contribution is 6.30. The summed E-state index contributed by atoms with van der Waals surface area (Å²) in [6.07, 6.45) is 2.40. The van der Waals surface area contributed by atoms with Gasteiger partial charge in [0.05, 0.1) is 11.7 Å².